The van der Waals surface area contributed by atoms with Crippen LogP contribution in [0, 0.1) is 0 Å². The molecule has 1 heterocycles. The zero-order valence-electron chi connectivity index (χ0n) is 8.72. The van der Waals surface area contributed by atoms with Crippen LogP contribution < -0.4 is 0 Å². The van der Waals surface area contributed by atoms with Crippen molar-refractivity contribution in [1.29, 1.82) is 0 Å². The summed E-state index contributed by atoms with van der Waals surface area (Å²) >= 11 is 1.74. The second kappa shape index (κ2) is 4.24. The molecular formula is C11H10BrF4N. The topological polar surface area (TPSA) is 3.01 Å². The minimum atomic E-state index is -4.16. The number of benzene rings is 1. The van der Waals surface area contributed by atoms with E-state index < -0.39 is 16.8 Å². The first-order chi connectivity index (χ1) is 7.82. The van der Waals surface area contributed by atoms with Gasteiger partial charge in [-0.2, -0.15) is 17.6 Å². The van der Waals surface area contributed by atoms with Gasteiger partial charge in [0, 0.05) is 13.1 Å². The molecule has 1 aromatic carbocycles. The largest absolute Gasteiger partial charge is 0.365 e. The molecule has 17 heavy (non-hydrogen) atoms. The third-order valence-corrected chi connectivity index (χ3v) is 3.27. The summed E-state index contributed by atoms with van der Waals surface area (Å²) in [5, 5.41) is 0. The van der Waals surface area contributed by atoms with Crippen molar-refractivity contribution in [3.05, 3.63) is 35.9 Å². The number of rotatable bonds is 4. The highest BCUT2D eigenvalue weighted by molar-refractivity contribution is 9.10. The maximum Gasteiger partial charge on any atom is 0.365 e. The molecule has 1 fully saturated rings. The highest BCUT2D eigenvalue weighted by atomic mass is 79.9. The molecule has 0 bridgehead atoms. The van der Waals surface area contributed by atoms with E-state index in [-0.39, 0.29) is 13.1 Å². The molecule has 0 amide bonds. The normalized spacial score (nSPS) is 24.8. The Hall–Kier alpha value is -0.620. The zero-order chi connectivity index (χ0) is 12.7. The van der Waals surface area contributed by atoms with Crippen LogP contribution in [0.15, 0.2) is 30.3 Å². The lowest BCUT2D eigenvalue weighted by Gasteiger charge is -2.21. The predicted octanol–water partition coefficient (Wildman–Crippen LogP) is 3.49. The van der Waals surface area contributed by atoms with Crippen LogP contribution in [0.25, 0.3) is 0 Å². The van der Waals surface area contributed by atoms with Crippen LogP contribution in [-0.4, -0.2) is 28.2 Å². The first-order valence-electron chi connectivity index (χ1n) is 5.05. The molecule has 1 nitrogen and oxygen atoms in total. The Labute approximate surface area is 105 Å². The molecule has 1 aromatic rings. The summed E-state index contributed by atoms with van der Waals surface area (Å²) in [7, 11) is 0. The first-order valence-corrected chi connectivity index (χ1v) is 5.84. The van der Waals surface area contributed by atoms with E-state index in [4.69, 9.17) is 0 Å². The van der Waals surface area contributed by atoms with Gasteiger partial charge in [-0.15, -0.1) is 0 Å². The van der Waals surface area contributed by atoms with Gasteiger partial charge in [0.25, 0.3) is 0 Å². The third-order valence-electron chi connectivity index (χ3n) is 2.74. The van der Waals surface area contributed by atoms with E-state index >= 15 is 0 Å². The van der Waals surface area contributed by atoms with Crippen molar-refractivity contribution in [2.75, 3.05) is 6.54 Å². The summed E-state index contributed by atoms with van der Waals surface area (Å²) in [4.78, 5) is -2.83. The molecule has 0 aliphatic carbocycles. The van der Waals surface area contributed by atoms with Crippen molar-refractivity contribution in [3.8, 4) is 0 Å². The van der Waals surface area contributed by atoms with E-state index in [0.29, 0.717) is 0 Å². The van der Waals surface area contributed by atoms with Crippen molar-refractivity contribution in [1.82, 2.24) is 4.90 Å². The molecule has 0 saturated carbocycles. The third kappa shape index (κ3) is 2.63. The number of hydrogen-bond donors (Lipinski definition) is 0. The van der Waals surface area contributed by atoms with Gasteiger partial charge in [-0.25, -0.2) is 0 Å². The maximum absolute atomic E-state index is 13.2. The van der Waals surface area contributed by atoms with Crippen LogP contribution in [-0.2, 0) is 6.54 Å². The van der Waals surface area contributed by atoms with Crippen molar-refractivity contribution < 1.29 is 17.6 Å². The van der Waals surface area contributed by atoms with Gasteiger partial charge in [-0.05, 0) is 21.5 Å². The quantitative estimate of drug-likeness (QED) is 0.467. The SMILES string of the molecule is FC(F)(Br)C(F)(F)C1CN1Cc1ccccc1. The molecule has 0 radical (unpaired) electrons. The lowest BCUT2D eigenvalue weighted by molar-refractivity contribution is -0.152. The van der Waals surface area contributed by atoms with Gasteiger partial charge in [0.15, 0.2) is 0 Å². The fourth-order valence-corrected chi connectivity index (χ4v) is 1.96. The maximum atomic E-state index is 13.2. The number of alkyl halides is 5. The highest BCUT2D eigenvalue weighted by Gasteiger charge is 2.66. The average Bonchev–Trinajstić information content (AvgIpc) is 2.97. The van der Waals surface area contributed by atoms with E-state index in [1.54, 1.807) is 40.2 Å². The van der Waals surface area contributed by atoms with Crippen LogP contribution in [0.2, 0.25) is 0 Å². The Bertz CT molecular complexity index is 390. The van der Waals surface area contributed by atoms with Gasteiger partial charge >= 0.3 is 10.8 Å². The molecular weight excluding hydrogens is 302 g/mol. The molecule has 2 unspecified atom stereocenters. The lowest BCUT2D eigenvalue weighted by Crippen LogP contribution is -2.41. The highest BCUT2D eigenvalue weighted by Crippen LogP contribution is 2.48. The molecule has 0 spiro atoms. The fourth-order valence-electron chi connectivity index (χ4n) is 1.70. The molecule has 1 aliphatic heterocycles. The van der Waals surface area contributed by atoms with Gasteiger partial charge < -0.3 is 0 Å². The minimum Gasteiger partial charge on any atom is -0.287 e. The first kappa shape index (κ1) is 12.8. The van der Waals surface area contributed by atoms with E-state index in [1.165, 1.54) is 4.90 Å². The Morgan fingerprint density at radius 2 is 1.76 bits per heavy atom. The summed E-state index contributed by atoms with van der Waals surface area (Å²) in [5.41, 5.74) is 0.837. The fraction of sp³-hybridized carbons (Fsp3) is 0.455. The smallest absolute Gasteiger partial charge is 0.287 e. The lowest BCUT2D eigenvalue weighted by atomic mass is 10.2. The summed E-state index contributed by atoms with van der Waals surface area (Å²) in [6, 6.07) is 7.54. The van der Waals surface area contributed by atoms with Crippen LogP contribution in [0.3, 0.4) is 0 Å². The summed E-state index contributed by atoms with van der Waals surface area (Å²) < 4.78 is 51.7. The standard InChI is InChI=1S/C11H10BrF4N/c12-11(15,16)10(13,14)9-7-17(9)6-8-4-2-1-3-5-8/h1-5,9H,6-7H2. The predicted molar refractivity (Wildman–Crippen MR) is 59.5 cm³/mol. The Morgan fingerprint density at radius 3 is 2.29 bits per heavy atom. The second-order valence-corrected chi connectivity index (χ2v) is 5.05. The number of hydrogen-bond acceptors (Lipinski definition) is 1. The van der Waals surface area contributed by atoms with Gasteiger partial charge in [-0.1, -0.05) is 30.3 Å². The van der Waals surface area contributed by atoms with Gasteiger partial charge in [0.2, 0.25) is 0 Å². The van der Waals surface area contributed by atoms with Gasteiger partial charge in [-0.3, -0.25) is 4.90 Å². The monoisotopic (exact) mass is 311 g/mol. The summed E-state index contributed by atoms with van der Waals surface area (Å²) in [5.74, 6) is -4.04. The Morgan fingerprint density at radius 1 is 1.18 bits per heavy atom. The zero-order valence-corrected chi connectivity index (χ0v) is 10.3. The minimum absolute atomic E-state index is 0.0108. The Kier molecular flexibility index (Phi) is 3.20. The number of halogens is 5. The summed E-state index contributed by atoms with van der Waals surface area (Å²) in [6.07, 6.45) is 0. The van der Waals surface area contributed by atoms with Crippen molar-refractivity contribution in [2.24, 2.45) is 0 Å². The molecule has 2 atom stereocenters. The average molecular weight is 312 g/mol. The van der Waals surface area contributed by atoms with Gasteiger partial charge in [0.05, 0.1) is 6.04 Å². The van der Waals surface area contributed by atoms with Crippen molar-refractivity contribution >= 4 is 15.9 Å². The van der Waals surface area contributed by atoms with Crippen molar-refractivity contribution in [3.63, 3.8) is 0 Å². The molecule has 0 aromatic heterocycles. The molecule has 0 N–H and O–H groups in total. The second-order valence-electron chi connectivity index (χ2n) is 4.05. The van der Waals surface area contributed by atoms with Crippen LogP contribution >= 0.6 is 15.9 Å². The summed E-state index contributed by atoms with van der Waals surface area (Å²) in [6.45, 7) is 0.257. The van der Waals surface area contributed by atoms with Gasteiger partial charge in [0.1, 0.15) is 0 Å². The molecule has 94 valence electrons. The molecule has 6 heteroatoms. The van der Waals surface area contributed by atoms with Crippen LogP contribution in [0.5, 0.6) is 0 Å². The van der Waals surface area contributed by atoms with E-state index in [1.807, 2.05) is 6.07 Å². The van der Waals surface area contributed by atoms with Crippen molar-refractivity contribution in [2.45, 2.75) is 23.3 Å². The number of nitrogens with zero attached hydrogens (tertiary/aromatic N) is 1. The molecule has 1 saturated heterocycles. The van der Waals surface area contributed by atoms with Crippen LogP contribution in [0.1, 0.15) is 5.56 Å². The Balaban J connectivity index is 1.98. The van der Waals surface area contributed by atoms with E-state index in [9.17, 15) is 17.6 Å². The van der Waals surface area contributed by atoms with E-state index in [0.717, 1.165) is 5.56 Å². The van der Waals surface area contributed by atoms with E-state index in [2.05, 4.69) is 0 Å². The molecule has 1 aliphatic rings. The molecule has 2 rings (SSSR count). The van der Waals surface area contributed by atoms with Crippen LogP contribution in [0.4, 0.5) is 17.6 Å².